The van der Waals surface area contributed by atoms with E-state index in [1.165, 1.54) is 5.56 Å². The fraction of sp³-hybridized carbons (Fsp3) is 0.364. The standard InChI is InChI=1S/C22H24BrN3O3/c1-2-5-16(11-21(27)28)26-20-7-4-3-6-19(20)25(22(26)29)13-14-12-24-18-9-8-15(23)10-17(14)18/h3-4,6-10,14,16,24H,2,5,11-13H2,1H3,(H,27,28). The van der Waals surface area contributed by atoms with Crippen LogP contribution >= 0.6 is 15.9 Å². The number of carbonyl (C=O) groups is 1. The molecule has 6 nitrogen and oxygen atoms in total. The zero-order valence-electron chi connectivity index (χ0n) is 16.3. The Morgan fingerprint density at radius 1 is 1.28 bits per heavy atom. The van der Waals surface area contributed by atoms with Crippen molar-refractivity contribution < 1.29 is 9.90 Å². The van der Waals surface area contributed by atoms with Gasteiger partial charge in [0, 0.05) is 35.2 Å². The van der Waals surface area contributed by atoms with E-state index < -0.39 is 5.97 Å². The van der Waals surface area contributed by atoms with E-state index in [4.69, 9.17) is 0 Å². The number of halogens is 1. The highest BCUT2D eigenvalue weighted by Gasteiger charge is 2.27. The van der Waals surface area contributed by atoms with E-state index in [9.17, 15) is 14.7 Å². The molecule has 0 fully saturated rings. The number of rotatable bonds is 7. The first-order valence-corrected chi connectivity index (χ1v) is 10.7. The molecule has 2 N–H and O–H groups in total. The molecule has 29 heavy (non-hydrogen) atoms. The zero-order valence-corrected chi connectivity index (χ0v) is 17.9. The summed E-state index contributed by atoms with van der Waals surface area (Å²) in [5.74, 6) is -0.713. The van der Waals surface area contributed by atoms with Gasteiger partial charge in [0.25, 0.3) is 0 Å². The number of fused-ring (bicyclic) bond motifs is 2. The van der Waals surface area contributed by atoms with Crippen LogP contribution in [0.15, 0.2) is 51.7 Å². The highest BCUT2D eigenvalue weighted by molar-refractivity contribution is 9.10. The second-order valence-electron chi connectivity index (χ2n) is 7.60. The number of aromatic nitrogens is 2. The molecule has 152 valence electrons. The fourth-order valence-corrected chi connectivity index (χ4v) is 4.76. The van der Waals surface area contributed by atoms with Crippen molar-refractivity contribution in [3.8, 4) is 0 Å². The first-order chi connectivity index (χ1) is 14.0. The summed E-state index contributed by atoms with van der Waals surface area (Å²) in [5, 5.41) is 12.8. The lowest BCUT2D eigenvalue weighted by Gasteiger charge is -2.16. The number of benzene rings is 2. The first-order valence-electron chi connectivity index (χ1n) is 9.94. The molecule has 4 rings (SSSR count). The molecule has 0 spiro atoms. The summed E-state index contributed by atoms with van der Waals surface area (Å²) in [4.78, 5) is 24.9. The summed E-state index contributed by atoms with van der Waals surface area (Å²) in [7, 11) is 0. The van der Waals surface area contributed by atoms with Gasteiger partial charge in [0.05, 0.1) is 17.5 Å². The number of hydrogen-bond donors (Lipinski definition) is 2. The average Bonchev–Trinajstić information content (AvgIpc) is 3.20. The number of nitrogens with one attached hydrogen (secondary N) is 1. The molecule has 2 aromatic carbocycles. The van der Waals surface area contributed by atoms with E-state index in [0.717, 1.165) is 34.2 Å². The molecule has 0 radical (unpaired) electrons. The number of carboxylic acids is 1. The van der Waals surface area contributed by atoms with Crippen molar-refractivity contribution in [1.29, 1.82) is 0 Å². The summed E-state index contributed by atoms with van der Waals surface area (Å²) in [6.45, 7) is 3.33. The van der Waals surface area contributed by atoms with Crippen LogP contribution in [0, 0.1) is 0 Å². The molecule has 3 aromatic rings. The van der Waals surface area contributed by atoms with Gasteiger partial charge in [-0.05, 0) is 42.3 Å². The van der Waals surface area contributed by atoms with Gasteiger partial charge in [-0.2, -0.15) is 0 Å². The Morgan fingerprint density at radius 3 is 2.76 bits per heavy atom. The first kappa shape index (κ1) is 19.8. The van der Waals surface area contributed by atoms with Crippen LogP contribution in [0.25, 0.3) is 11.0 Å². The van der Waals surface area contributed by atoms with Crippen LogP contribution in [0.1, 0.15) is 43.7 Å². The summed E-state index contributed by atoms with van der Waals surface area (Å²) in [5.41, 5.74) is 3.82. The topological polar surface area (TPSA) is 76.3 Å². The van der Waals surface area contributed by atoms with Gasteiger partial charge in [-0.3, -0.25) is 13.9 Å². The Kier molecular flexibility index (Phi) is 5.50. The van der Waals surface area contributed by atoms with Crippen LogP contribution < -0.4 is 11.0 Å². The monoisotopic (exact) mass is 457 g/mol. The van der Waals surface area contributed by atoms with Gasteiger partial charge in [-0.25, -0.2) is 4.79 Å². The van der Waals surface area contributed by atoms with Gasteiger partial charge in [-0.15, -0.1) is 0 Å². The predicted octanol–water partition coefficient (Wildman–Crippen LogP) is 4.59. The van der Waals surface area contributed by atoms with Crippen LogP contribution in [0.3, 0.4) is 0 Å². The number of aliphatic carboxylic acids is 1. The minimum Gasteiger partial charge on any atom is -0.481 e. The van der Waals surface area contributed by atoms with Gasteiger partial charge in [0.15, 0.2) is 0 Å². The van der Waals surface area contributed by atoms with Crippen LogP contribution in [-0.2, 0) is 11.3 Å². The molecule has 1 aliphatic heterocycles. The van der Waals surface area contributed by atoms with Crippen molar-refractivity contribution in [2.45, 2.75) is 44.7 Å². The van der Waals surface area contributed by atoms with E-state index in [-0.39, 0.29) is 24.1 Å². The minimum atomic E-state index is -0.883. The van der Waals surface area contributed by atoms with Gasteiger partial charge >= 0.3 is 11.7 Å². The highest BCUT2D eigenvalue weighted by atomic mass is 79.9. The van der Waals surface area contributed by atoms with Crippen molar-refractivity contribution in [3.05, 3.63) is 63.0 Å². The van der Waals surface area contributed by atoms with Gasteiger partial charge < -0.3 is 10.4 Å². The van der Waals surface area contributed by atoms with Crippen molar-refractivity contribution in [1.82, 2.24) is 9.13 Å². The van der Waals surface area contributed by atoms with Crippen LogP contribution in [0.2, 0.25) is 0 Å². The maximum Gasteiger partial charge on any atom is 0.329 e. The molecule has 0 saturated carbocycles. The van der Waals surface area contributed by atoms with E-state index in [2.05, 4.69) is 33.4 Å². The van der Waals surface area contributed by atoms with E-state index in [1.54, 1.807) is 4.57 Å². The predicted molar refractivity (Wildman–Crippen MR) is 118 cm³/mol. The largest absolute Gasteiger partial charge is 0.481 e. The van der Waals surface area contributed by atoms with Crippen molar-refractivity contribution in [2.24, 2.45) is 0 Å². The number of para-hydroxylation sites is 2. The Morgan fingerprint density at radius 2 is 2.03 bits per heavy atom. The number of hydrogen-bond acceptors (Lipinski definition) is 3. The molecule has 0 amide bonds. The van der Waals surface area contributed by atoms with Crippen LogP contribution in [0.5, 0.6) is 0 Å². The zero-order chi connectivity index (χ0) is 20.5. The van der Waals surface area contributed by atoms with E-state index in [0.29, 0.717) is 13.0 Å². The third kappa shape index (κ3) is 3.71. The molecule has 0 bridgehead atoms. The van der Waals surface area contributed by atoms with Crippen molar-refractivity contribution >= 4 is 38.6 Å². The van der Waals surface area contributed by atoms with Crippen LogP contribution in [0.4, 0.5) is 5.69 Å². The highest BCUT2D eigenvalue weighted by Crippen LogP contribution is 2.35. The minimum absolute atomic E-state index is 0.0531. The second kappa shape index (κ2) is 8.06. The third-order valence-corrected chi connectivity index (χ3v) is 6.15. The molecule has 2 unspecified atom stereocenters. The number of imidazole rings is 1. The molecule has 0 aliphatic carbocycles. The smallest absolute Gasteiger partial charge is 0.329 e. The molecule has 1 aromatic heterocycles. The Labute approximate surface area is 177 Å². The van der Waals surface area contributed by atoms with E-state index >= 15 is 0 Å². The summed E-state index contributed by atoms with van der Waals surface area (Å²) < 4.78 is 4.52. The molecular weight excluding hydrogens is 434 g/mol. The summed E-state index contributed by atoms with van der Waals surface area (Å²) in [6, 6.07) is 13.5. The number of nitrogens with zero attached hydrogens (tertiary/aromatic N) is 2. The molecule has 2 heterocycles. The van der Waals surface area contributed by atoms with Crippen LogP contribution in [-0.4, -0.2) is 26.8 Å². The molecule has 1 aliphatic rings. The van der Waals surface area contributed by atoms with Gasteiger partial charge in [-0.1, -0.05) is 41.4 Å². The molecular formula is C22H24BrN3O3. The quantitative estimate of drug-likeness (QED) is 0.543. The molecule has 0 saturated heterocycles. The van der Waals surface area contributed by atoms with Crippen molar-refractivity contribution in [2.75, 3.05) is 11.9 Å². The van der Waals surface area contributed by atoms with Gasteiger partial charge in [0.2, 0.25) is 0 Å². The normalized spacial score (nSPS) is 16.6. The SMILES string of the molecule is CCCC(CC(=O)O)n1c(=O)n(CC2CNc3ccc(Br)cc32)c2ccccc21. The van der Waals surface area contributed by atoms with Crippen molar-refractivity contribution in [3.63, 3.8) is 0 Å². The summed E-state index contributed by atoms with van der Waals surface area (Å²) >= 11 is 3.54. The Hall–Kier alpha value is -2.54. The lowest BCUT2D eigenvalue weighted by molar-refractivity contribution is -0.137. The fourth-order valence-electron chi connectivity index (χ4n) is 4.38. The Bertz CT molecular complexity index is 1120. The lowest BCUT2D eigenvalue weighted by Crippen LogP contribution is -2.30. The maximum atomic E-state index is 13.5. The summed E-state index contributed by atoms with van der Waals surface area (Å²) in [6.07, 6.45) is 1.42. The lowest BCUT2D eigenvalue weighted by atomic mass is 10.0. The second-order valence-corrected chi connectivity index (χ2v) is 8.52. The molecule has 7 heteroatoms. The van der Waals surface area contributed by atoms with E-state index in [1.807, 2.05) is 41.8 Å². The average molecular weight is 458 g/mol. The Balaban J connectivity index is 1.79. The number of anilines is 1. The molecule has 2 atom stereocenters. The maximum absolute atomic E-state index is 13.5. The number of carboxylic acid groups (broad SMARTS) is 1. The van der Waals surface area contributed by atoms with Gasteiger partial charge in [0.1, 0.15) is 0 Å². The third-order valence-electron chi connectivity index (χ3n) is 5.66.